The molecule has 2 heterocycles. The van der Waals surface area contributed by atoms with Crippen LogP contribution in [0.2, 0.25) is 0 Å². The Morgan fingerprint density at radius 2 is 2.12 bits per heavy atom. The van der Waals surface area contributed by atoms with Crippen molar-refractivity contribution in [2.24, 2.45) is 0 Å². The summed E-state index contributed by atoms with van der Waals surface area (Å²) in [5, 5.41) is 14.8. The number of nitrogens with one attached hydrogen (secondary N) is 2. The molecular formula is C18H21N3O4. The summed E-state index contributed by atoms with van der Waals surface area (Å²) < 4.78 is 10.9. The zero-order valence-electron chi connectivity index (χ0n) is 14.4. The number of furan rings is 1. The first-order valence-electron chi connectivity index (χ1n) is 7.99. The van der Waals surface area contributed by atoms with Crippen LogP contribution >= 0.6 is 0 Å². The molecule has 0 saturated carbocycles. The molecule has 25 heavy (non-hydrogen) atoms. The lowest BCUT2D eigenvalue weighted by Gasteiger charge is -2.14. The zero-order valence-corrected chi connectivity index (χ0v) is 14.4. The van der Waals surface area contributed by atoms with E-state index in [9.17, 15) is 9.90 Å². The molecule has 3 aromatic rings. The maximum absolute atomic E-state index is 12.2. The molecule has 1 aromatic carbocycles. The van der Waals surface area contributed by atoms with Crippen molar-refractivity contribution in [2.75, 3.05) is 11.9 Å². The van der Waals surface area contributed by atoms with Gasteiger partial charge in [0.15, 0.2) is 5.58 Å². The van der Waals surface area contributed by atoms with Crippen LogP contribution in [0.4, 0.5) is 10.5 Å². The molecule has 3 rings (SSSR count). The van der Waals surface area contributed by atoms with Gasteiger partial charge in [-0.3, -0.25) is 0 Å². The summed E-state index contributed by atoms with van der Waals surface area (Å²) in [6.45, 7) is 5.80. The molecule has 0 unspecified atom stereocenters. The Bertz CT molecular complexity index is 862. The highest BCUT2D eigenvalue weighted by Gasteiger charge is 2.21. The van der Waals surface area contributed by atoms with Gasteiger partial charge in [-0.15, -0.1) is 0 Å². The average molecular weight is 343 g/mol. The minimum Gasteiger partial charge on any atom is -0.467 e. The third-order valence-electron chi connectivity index (χ3n) is 3.66. The molecule has 7 heteroatoms. The van der Waals surface area contributed by atoms with Crippen LogP contribution in [0.1, 0.15) is 38.5 Å². The molecule has 7 nitrogen and oxygen atoms in total. The van der Waals surface area contributed by atoms with Gasteiger partial charge in [0, 0.05) is 11.1 Å². The number of aliphatic hydroxyl groups is 1. The molecule has 2 amide bonds. The van der Waals surface area contributed by atoms with E-state index in [2.05, 4.69) is 15.6 Å². The van der Waals surface area contributed by atoms with Gasteiger partial charge < -0.3 is 24.6 Å². The molecule has 0 fully saturated rings. The van der Waals surface area contributed by atoms with Crippen LogP contribution in [-0.4, -0.2) is 22.7 Å². The van der Waals surface area contributed by atoms with Crippen molar-refractivity contribution in [2.45, 2.75) is 32.2 Å². The molecule has 0 saturated heterocycles. The number of amides is 2. The number of aromatic nitrogens is 1. The Balaban J connectivity index is 1.72. The van der Waals surface area contributed by atoms with Gasteiger partial charge in [-0.05, 0) is 30.3 Å². The highest BCUT2D eigenvalue weighted by atomic mass is 16.3. The van der Waals surface area contributed by atoms with Crippen LogP contribution in [0.5, 0.6) is 0 Å². The first-order valence-corrected chi connectivity index (χ1v) is 7.99. The number of hydrogen-bond donors (Lipinski definition) is 3. The van der Waals surface area contributed by atoms with Crippen molar-refractivity contribution < 1.29 is 18.7 Å². The summed E-state index contributed by atoms with van der Waals surface area (Å²) in [4.78, 5) is 16.6. The van der Waals surface area contributed by atoms with Crippen molar-refractivity contribution in [3.8, 4) is 0 Å². The SMILES string of the molecule is CC(C)(C)c1nc2cc(NC(=O)N[C@H](CO)c3ccco3)ccc2o1. The Hall–Kier alpha value is -2.80. The molecule has 0 bridgehead atoms. The van der Waals surface area contributed by atoms with Gasteiger partial charge in [-0.25, -0.2) is 9.78 Å². The number of carbonyl (C=O) groups excluding carboxylic acids is 1. The minimum absolute atomic E-state index is 0.193. The monoisotopic (exact) mass is 343 g/mol. The van der Waals surface area contributed by atoms with E-state index in [4.69, 9.17) is 8.83 Å². The number of urea groups is 1. The van der Waals surface area contributed by atoms with Crippen LogP contribution in [0.25, 0.3) is 11.1 Å². The summed E-state index contributed by atoms with van der Waals surface area (Å²) in [6, 6.07) is 7.57. The normalized spacial score (nSPS) is 13.0. The van der Waals surface area contributed by atoms with Crippen molar-refractivity contribution in [1.82, 2.24) is 10.3 Å². The molecule has 0 aliphatic rings. The molecule has 0 spiro atoms. The fourth-order valence-electron chi connectivity index (χ4n) is 2.35. The maximum atomic E-state index is 12.2. The Labute approximate surface area is 145 Å². The maximum Gasteiger partial charge on any atom is 0.319 e. The predicted molar refractivity (Wildman–Crippen MR) is 93.4 cm³/mol. The lowest BCUT2D eigenvalue weighted by molar-refractivity contribution is 0.215. The van der Waals surface area contributed by atoms with Crippen molar-refractivity contribution in [3.05, 3.63) is 48.2 Å². The highest BCUT2D eigenvalue weighted by molar-refractivity contribution is 5.91. The van der Waals surface area contributed by atoms with E-state index in [-0.39, 0.29) is 12.0 Å². The number of aliphatic hydroxyl groups excluding tert-OH is 1. The number of nitrogens with zero attached hydrogens (tertiary/aromatic N) is 1. The van der Waals surface area contributed by atoms with E-state index in [0.29, 0.717) is 28.4 Å². The number of rotatable bonds is 4. The number of anilines is 1. The lowest BCUT2D eigenvalue weighted by atomic mass is 9.97. The molecule has 0 radical (unpaired) electrons. The number of oxazole rings is 1. The number of benzene rings is 1. The van der Waals surface area contributed by atoms with Gasteiger partial charge >= 0.3 is 6.03 Å². The van der Waals surface area contributed by atoms with Gasteiger partial charge in [0.2, 0.25) is 5.89 Å². The van der Waals surface area contributed by atoms with Crippen LogP contribution in [0.15, 0.2) is 45.4 Å². The summed E-state index contributed by atoms with van der Waals surface area (Å²) in [7, 11) is 0. The van der Waals surface area contributed by atoms with E-state index in [1.165, 1.54) is 6.26 Å². The van der Waals surface area contributed by atoms with Crippen LogP contribution in [0, 0.1) is 0 Å². The van der Waals surface area contributed by atoms with Gasteiger partial charge in [-0.1, -0.05) is 20.8 Å². The Morgan fingerprint density at radius 1 is 1.32 bits per heavy atom. The second-order valence-electron chi connectivity index (χ2n) is 6.80. The number of fused-ring (bicyclic) bond motifs is 1. The van der Waals surface area contributed by atoms with Gasteiger partial charge in [0.25, 0.3) is 0 Å². The molecule has 132 valence electrons. The first kappa shape index (κ1) is 17.0. The lowest BCUT2D eigenvalue weighted by Crippen LogP contribution is -2.34. The van der Waals surface area contributed by atoms with E-state index >= 15 is 0 Å². The largest absolute Gasteiger partial charge is 0.467 e. The molecule has 3 N–H and O–H groups in total. The average Bonchev–Trinajstić information content (AvgIpc) is 3.21. The molecule has 1 atom stereocenters. The van der Waals surface area contributed by atoms with Crippen molar-refractivity contribution in [1.29, 1.82) is 0 Å². The quantitative estimate of drug-likeness (QED) is 0.672. The van der Waals surface area contributed by atoms with Gasteiger partial charge in [0.1, 0.15) is 17.3 Å². The highest BCUT2D eigenvalue weighted by Crippen LogP contribution is 2.27. The van der Waals surface area contributed by atoms with E-state index in [1.807, 2.05) is 20.8 Å². The van der Waals surface area contributed by atoms with Crippen LogP contribution in [-0.2, 0) is 5.41 Å². The number of carbonyl (C=O) groups is 1. The smallest absolute Gasteiger partial charge is 0.319 e. The van der Waals surface area contributed by atoms with Gasteiger partial charge in [0.05, 0.1) is 12.9 Å². The van der Waals surface area contributed by atoms with E-state index < -0.39 is 12.1 Å². The van der Waals surface area contributed by atoms with Crippen molar-refractivity contribution >= 4 is 22.8 Å². The molecule has 0 aliphatic carbocycles. The number of hydrogen-bond acceptors (Lipinski definition) is 5. The van der Waals surface area contributed by atoms with Gasteiger partial charge in [-0.2, -0.15) is 0 Å². The fraction of sp³-hybridized carbons (Fsp3) is 0.333. The predicted octanol–water partition coefficient (Wildman–Crippen LogP) is 3.57. The molecule has 0 aliphatic heterocycles. The van der Waals surface area contributed by atoms with E-state index in [1.54, 1.807) is 30.3 Å². The van der Waals surface area contributed by atoms with Crippen LogP contribution < -0.4 is 10.6 Å². The first-order chi connectivity index (χ1) is 11.9. The van der Waals surface area contributed by atoms with Crippen molar-refractivity contribution in [3.63, 3.8) is 0 Å². The fourth-order valence-corrected chi connectivity index (χ4v) is 2.35. The Kier molecular flexibility index (Phi) is 4.50. The summed E-state index contributed by atoms with van der Waals surface area (Å²) in [5.74, 6) is 1.13. The molecular weight excluding hydrogens is 322 g/mol. The minimum atomic E-state index is -0.613. The topological polar surface area (TPSA) is 101 Å². The summed E-state index contributed by atoms with van der Waals surface area (Å²) in [6.07, 6.45) is 1.49. The molecule has 2 aromatic heterocycles. The Morgan fingerprint density at radius 3 is 2.76 bits per heavy atom. The second-order valence-corrected chi connectivity index (χ2v) is 6.80. The summed E-state index contributed by atoms with van der Waals surface area (Å²) in [5.41, 5.74) is 1.73. The third kappa shape index (κ3) is 3.83. The summed E-state index contributed by atoms with van der Waals surface area (Å²) >= 11 is 0. The third-order valence-corrected chi connectivity index (χ3v) is 3.66. The van der Waals surface area contributed by atoms with E-state index in [0.717, 1.165) is 0 Å². The standard InChI is InChI=1S/C18H21N3O4/c1-18(2,3)16-20-12-9-11(6-7-15(12)25-16)19-17(23)21-13(10-22)14-5-4-8-24-14/h4-9,13,22H,10H2,1-3H3,(H2,19,21,23)/t13-/m1/s1. The zero-order chi connectivity index (χ0) is 18.0. The van der Waals surface area contributed by atoms with Crippen LogP contribution in [0.3, 0.4) is 0 Å². The second kappa shape index (κ2) is 6.60.